The summed E-state index contributed by atoms with van der Waals surface area (Å²) in [5.41, 5.74) is 3.32. The van der Waals surface area contributed by atoms with Gasteiger partial charge < -0.3 is 18.9 Å². The van der Waals surface area contributed by atoms with Crippen molar-refractivity contribution in [3.8, 4) is 5.75 Å². The number of ether oxygens (including phenoxy) is 4. The molecule has 0 N–H and O–H groups in total. The Bertz CT molecular complexity index is 1090. The lowest BCUT2D eigenvalue weighted by atomic mass is 9.87. The molecule has 0 amide bonds. The van der Waals surface area contributed by atoms with E-state index >= 15 is 0 Å². The second kappa shape index (κ2) is 9.54. The molecule has 0 spiro atoms. The Balaban J connectivity index is 1.13. The first-order valence-electron chi connectivity index (χ1n) is 12.7. The minimum Gasteiger partial charge on any atom is -0.493 e. The van der Waals surface area contributed by atoms with E-state index in [2.05, 4.69) is 23.2 Å². The standard InChI is InChI=1S/C27H31NO6S/c1-31-27(30)22-13-35-26(28-22)23-9-8-19-21(24(33-14-29)11-25(19)34-23)12-32-17-6-7-18(15-2-3-15)20(10-17)16-4-5-16/h6-7,10,13-16,19,21,23-25H,2-5,8-9,11-12H2,1H3/t19-,21-,23-,24+,25+/m1/s1. The van der Waals surface area contributed by atoms with Crippen LogP contribution in [0.3, 0.4) is 0 Å². The van der Waals surface area contributed by atoms with E-state index in [9.17, 15) is 9.59 Å². The zero-order chi connectivity index (χ0) is 23.9. The van der Waals surface area contributed by atoms with Gasteiger partial charge in [0.25, 0.3) is 6.47 Å². The van der Waals surface area contributed by atoms with E-state index in [1.165, 1.54) is 55.3 Å². The molecule has 6 rings (SSSR count). The maximum Gasteiger partial charge on any atom is 0.357 e. The zero-order valence-corrected chi connectivity index (χ0v) is 20.7. The van der Waals surface area contributed by atoms with Crippen molar-refractivity contribution in [1.82, 2.24) is 4.98 Å². The Hall–Kier alpha value is -2.45. The molecule has 0 unspecified atom stereocenters. The fourth-order valence-corrected chi connectivity index (χ4v) is 6.79. The molecule has 8 heteroatoms. The van der Waals surface area contributed by atoms with E-state index in [1.54, 1.807) is 5.38 Å². The summed E-state index contributed by atoms with van der Waals surface area (Å²) in [5, 5.41) is 2.50. The van der Waals surface area contributed by atoms with Gasteiger partial charge in [-0.15, -0.1) is 11.3 Å². The van der Waals surface area contributed by atoms with Crippen LogP contribution < -0.4 is 4.74 Å². The summed E-state index contributed by atoms with van der Waals surface area (Å²) in [5.74, 6) is 2.26. The topological polar surface area (TPSA) is 84.0 Å². The normalized spacial score (nSPS) is 29.9. The smallest absolute Gasteiger partial charge is 0.357 e. The monoisotopic (exact) mass is 497 g/mol. The Labute approximate surface area is 209 Å². The Morgan fingerprint density at radius 3 is 2.69 bits per heavy atom. The molecule has 0 bridgehead atoms. The fourth-order valence-electron chi connectivity index (χ4n) is 5.93. The first-order chi connectivity index (χ1) is 17.1. The van der Waals surface area contributed by atoms with Crippen molar-refractivity contribution < 1.29 is 28.5 Å². The van der Waals surface area contributed by atoms with Crippen LogP contribution in [-0.4, -0.2) is 43.4 Å². The summed E-state index contributed by atoms with van der Waals surface area (Å²) in [4.78, 5) is 27.4. The van der Waals surface area contributed by atoms with E-state index in [-0.39, 0.29) is 30.1 Å². The fraction of sp³-hybridized carbons (Fsp3) is 0.593. The van der Waals surface area contributed by atoms with Crippen LogP contribution in [0.15, 0.2) is 23.6 Å². The van der Waals surface area contributed by atoms with Crippen LogP contribution in [0.4, 0.5) is 0 Å². The molecule has 2 heterocycles. The average molecular weight is 498 g/mol. The van der Waals surface area contributed by atoms with E-state index in [1.807, 2.05) is 0 Å². The number of carbonyl (C=O) groups is 2. The van der Waals surface area contributed by atoms with Gasteiger partial charge in [0.15, 0.2) is 5.69 Å². The molecule has 186 valence electrons. The molecular formula is C27H31NO6S. The number of fused-ring (bicyclic) bond motifs is 1. The van der Waals surface area contributed by atoms with Crippen LogP contribution in [0.1, 0.15) is 89.5 Å². The van der Waals surface area contributed by atoms with Gasteiger partial charge in [-0.25, -0.2) is 9.78 Å². The number of carbonyl (C=O) groups excluding carboxylic acids is 2. The second-order valence-corrected chi connectivity index (χ2v) is 11.2. The Morgan fingerprint density at radius 1 is 1.14 bits per heavy atom. The predicted molar refractivity (Wildman–Crippen MR) is 129 cm³/mol. The number of methoxy groups -OCH3 is 1. The Kier molecular flexibility index (Phi) is 6.26. The maximum absolute atomic E-state index is 11.8. The van der Waals surface area contributed by atoms with Crippen molar-refractivity contribution in [1.29, 1.82) is 0 Å². The molecule has 3 aliphatic carbocycles. The number of nitrogens with zero attached hydrogens (tertiary/aromatic N) is 1. The zero-order valence-electron chi connectivity index (χ0n) is 19.9. The first-order valence-corrected chi connectivity index (χ1v) is 13.6. The molecule has 1 saturated heterocycles. The number of benzene rings is 1. The number of hydrogen-bond acceptors (Lipinski definition) is 8. The van der Waals surface area contributed by atoms with Gasteiger partial charge in [0.1, 0.15) is 23.0 Å². The molecule has 35 heavy (non-hydrogen) atoms. The molecule has 5 atom stereocenters. The number of aromatic nitrogens is 1. The molecule has 4 fully saturated rings. The van der Waals surface area contributed by atoms with E-state index in [4.69, 9.17) is 18.9 Å². The maximum atomic E-state index is 11.8. The van der Waals surface area contributed by atoms with Crippen molar-refractivity contribution in [2.45, 2.75) is 75.1 Å². The molecule has 1 aliphatic heterocycles. The highest BCUT2D eigenvalue weighted by atomic mass is 32.1. The predicted octanol–water partition coefficient (Wildman–Crippen LogP) is 5.16. The van der Waals surface area contributed by atoms with Crippen LogP contribution >= 0.6 is 11.3 Å². The van der Waals surface area contributed by atoms with Gasteiger partial charge in [-0.2, -0.15) is 0 Å². The Morgan fingerprint density at radius 2 is 1.94 bits per heavy atom. The summed E-state index contributed by atoms with van der Waals surface area (Å²) in [6.07, 6.45) is 7.15. The van der Waals surface area contributed by atoms with Crippen LogP contribution in [0.25, 0.3) is 0 Å². The lowest BCUT2D eigenvalue weighted by Crippen LogP contribution is -2.33. The van der Waals surface area contributed by atoms with Crippen molar-refractivity contribution >= 4 is 23.8 Å². The van der Waals surface area contributed by atoms with Crippen LogP contribution in [0.5, 0.6) is 5.75 Å². The number of esters is 1. The molecular weight excluding hydrogens is 466 g/mol. The minimum absolute atomic E-state index is 0.0305. The molecule has 0 radical (unpaired) electrons. The summed E-state index contributed by atoms with van der Waals surface area (Å²) < 4.78 is 23.0. The molecule has 7 nitrogen and oxygen atoms in total. The van der Waals surface area contributed by atoms with Gasteiger partial charge in [0.2, 0.25) is 0 Å². The van der Waals surface area contributed by atoms with Crippen molar-refractivity contribution in [3.05, 3.63) is 45.4 Å². The molecule has 1 aromatic carbocycles. The van der Waals surface area contributed by atoms with Crippen LogP contribution in [-0.2, 0) is 19.0 Å². The quantitative estimate of drug-likeness (QED) is 0.349. The summed E-state index contributed by atoms with van der Waals surface area (Å²) in [6, 6.07) is 6.63. The van der Waals surface area contributed by atoms with E-state index in [0.29, 0.717) is 31.1 Å². The van der Waals surface area contributed by atoms with Gasteiger partial charge in [0.05, 0.1) is 19.8 Å². The SMILES string of the molecule is COC(=O)c1csc([C@H]2CC[C@@H]3[C@@H](COc4ccc(C5CC5)c(C5CC5)c4)[C@@H](OC=O)C[C@@H]3O2)n1. The number of hydrogen-bond donors (Lipinski definition) is 0. The highest BCUT2D eigenvalue weighted by Crippen LogP contribution is 2.50. The van der Waals surface area contributed by atoms with Crippen molar-refractivity contribution in [2.75, 3.05) is 13.7 Å². The summed E-state index contributed by atoms with van der Waals surface area (Å²) >= 11 is 1.42. The van der Waals surface area contributed by atoms with Crippen LogP contribution in [0, 0.1) is 11.8 Å². The van der Waals surface area contributed by atoms with Crippen molar-refractivity contribution in [3.63, 3.8) is 0 Å². The molecule has 2 aromatic rings. The van der Waals surface area contributed by atoms with Gasteiger partial charge in [-0.3, -0.25) is 4.79 Å². The third-order valence-electron chi connectivity index (χ3n) is 8.03. The number of thiazole rings is 1. The highest BCUT2D eigenvalue weighted by Gasteiger charge is 2.49. The van der Waals surface area contributed by atoms with E-state index in [0.717, 1.165) is 29.5 Å². The molecule has 3 saturated carbocycles. The van der Waals surface area contributed by atoms with Gasteiger partial charge in [-0.1, -0.05) is 6.07 Å². The minimum atomic E-state index is -0.436. The lowest BCUT2D eigenvalue weighted by Gasteiger charge is -2.33. The summed E-state index contributed by atoms with van der Waals surface area (Å²) in [6.45, 7) is 1.05. The van der Waals surface area contributed by atoms with E-state index < -0.39 is 5.97 Å². The van der Waals surface area contributed by atoms with Crippen molar-refractivity contribution in [2.24, 2.45) is 11.8 Å². The first kappa shape index (κ1) is 23.0. The van der Waals surface area contributed by atoms with Gasteiger partial charge in [0, 0.05) is 17.7 Å². The molecule has 4 aliphatic rings. The number of rotatable bonds is 9. The highest BCUT2D eigenvalue weighted by molar-refractivity contribution is 7.09. The van der Waals surface area contributed by atoms with Gasteiger partial charge >= 0.3 is 5.97 Å². The summed E-state index contributed by atoms with van der Waals surface area (Å²) in [7, 11) is 1.35. The van der Waals surface area contributed by atoms with Gasteiger partial charge in [-0.05, 0) is 79.5 Å². The largest absolute Gasteiger partial charge is 0.493 e. The third-order valence-corrected chi connectivity index (χ3v) is 8.96. The lowest BCUT2D eigenvalue weighted by molar-refractivity contribution is -0.136. The molecule has 1 aromatic heterocycles. The van der Waals surface area contributed by atoms with Crippen LogP contribution in [0.2, 0.25) is 0 Å². The second-order valence-electron chi connectivity index (χ2n) is 10.3. The average Bonchev–Trinajstić information content (AvgIpc) is 3.81. The third kappa shape index (κ3) is 4.70.